The second kappa shape index (κ2) is 6.51. The van der Waals surface area contributed by atoms with Gasteiger partial charge < -0.3 is 9.64 Å². The fraction of sp³-hybridized carbons (Fsp3) is 0.375. The third-order valence-corrected chi connectivity index (χ3v) is 3.65. The normalized spacial score (nSPS) is 18.0. The second-order valence-electron chi connectivity index (χ2n) is 5.38. The molecule has 3 heterocycles. The van der Waals surface area contributed by atoms with Gasteiger partial charge in [0.25, 0.3) is 5.91 Å². The maximum absolute atomic E-state index is 12.5. The molecule has 6 heteroatoms. The maximum Gasteiger partial charge on any atom is 0.254 e. The van der Waals surface area contributed by atoms with Crippen LogP contribution >= 0.6 is 0 Å². The minimum absolute atomic E-state index is 0.0192. The van der Waals surface area contributed by atoms with Crippen molar-refractivity contribution in [3.05, 3.63) is 47.9 Å². The number of hydrogen-bond acceptors (Lipinski definition) is 5. The quantitative estimate of drug-likeness (QED) is 0.865. The Morgan fingerprint density at radius 2 is 2.05 bits per heavy atom. The molecule has 0 unspecified atom stereocenters. The number of pyridine rings is 1. The van der Waals surface area contributed by atoms with Crippen molar-refractivity contribution in [2.75, 3.05) is 13.1 Å². The zero-order valence-electron chi connectivity index (χ0n) is 12.5. The summed E-state index contributed by atoms with van der Waals surface area (Å²) in [6, 6.07) is 7.15. The summed E-state index contributed by atoms with van der Waals surface area (Å²) in [6.07, 6.45) is 5.05. The lowest BCUT2D eigenvalue weighted by atomic mass is 10.1. The molecule has 0 saturated carbocycles. The van der Waals surface area contributed by atoms with Crippen molar-refractivity contribution in [1.29, 1.82) is 0 Å². The minimum atomic E-state index is -0.0449. The van der Waals surface area contributed by atoms with Crippen LogP contribution in [0.2, 0.25) is 0 Å². The zero-order chi connectivity index (χ0) is 15.4. The zero-order valence-corrected chi connectivity index (χ0v) is 12.5. The molecule has 0 aliphatic carbocycles. The van der Waals surface area contributed by atoms with E-state index in [1.54, 1.807) is 24.5 Å². The highest BCUT2D eigenvalue weighted by Crippen LogP contribution is 2.18. The van der Waals surface area contributed by atoms with Gasteiger partial charge in [-0.05, 0) is 38.0 Å². The largest absolute Gasteiger partial charge is 0.471 e. The van der Waals surface area contributed by atoms with E-state index >= 15 is 0 Å². The van der Waals surface area contributed by atoms with Crippen LogP contribution in [0.1, 0.15) is 28.9 Å². The molecule has 0 aromatic carbocycles. The molecule has 1 fully saturated rings. The fourth-order valence-corrected chi connectivity index (χ4v) is 2.52. The lowest BCUT2D eigenvalue weighted by Gasteiger charge is -2.32. The first-order valence-corrected chi connectivity index (χ1v) is 7.38. The Morgan fingerprint density at radius 3 is 2.77 bits per heavy atom. The van der Waals surface area contributed by atoms with Crippen molar-refractivity contribution in [2.24, 2.45) is 0 Å². The van der Waals surface area contributed by atoms with Gasteiger partial charge in [0.15, 0.2) is 0 Å². The van der Waals surface area contributed by atoms with Gasteiger partial charge in [-0.25, -0.2) is 0 Å². The number of likely N-dealkylation sites (tertiary alicyclic amines) is 1. The number of carbonyl (C=O) groups is 1. The van der Waals surface area contributed by atoms with E-state index in [2.05, 4.69) is 15.2 Å². The molecule has 1 atom stereocenters. The molecule has 0 radical (unpaired) electrons. The van der Waals surface area contributed by atoms with Crippen LogP contribution in [0.4, 0.5) is 0 Å². The van der Waals surface area contributed by atoms with E-state index in [0.29, 0.717) is 18.0 Å². The summed E-state index contributed by atoms with van der Waals surface area (Å²) >= 11 is 0. The topological polar surface area (TPSA) is 68.2 Å². The van der Waals surface area contributed by atoms with E-state index in [9.17, 15) is 4.79 Å². The minimum Gasteiger partial charge on any atom is -0.471 e. The van der Waals surface area contributed by atoms with Crippen LogP contribution in [0.25, 0.3) is 0 Å². The van der Waals surface area contributed by atoms with E-state index in [4.69, 9.17) is 4.74 Å². The number of rotatable bonds is 3. The van der Waals surface area contributed by atoms with Crippen molar-refractivity contribution in [3.63, 3.8) is 0 Å². The highest BCUT2D eigenvalue weighted by molar-refractivity contribution is 5.94. The molecule has 3 rings (SSSR count). The van der Waals surface area contributed by atoms with Crippen molar-refractivity contribution in [2.45, 2.75) is 25.9 Å². The number of amides is 1. The molecule has 2 aromatic heterocycles. The van der Waals surface area contributed by atoms with E-state index in [-0.39, 0.29) is 12.0 Å². The Bertz CT molecular complexity index is 630. The number of nitrogens with zero attached hydrogens (tertiary/aromatic N) is 4. The smallest absolute Gasteiger partial charge is 0.254 e. The van der Waals surface area contributed by atoms with Crippen molar-refractivity contribution in [1.82, 2.24) is 20.1 Å². The SMILES string of the molecule is Cc1ccc(O[C@H]2CCCN(C(=O)c3ccncc3)C2)nn1. The van der Waals surface area contributed by atoms with E-state index < -0.39 is 0 Å². The number of piperidine rings is 1. The van der Waals surface area contributed by atoms with Gasteiger partial charge in [-0.3, -0.25) is 9.78 Å². The number of carbonyl (C=O) groups excluding carboxylic acids is 1. The van der Waals surface area contributed by atoms with Crippen molar-refractivity contribution in [3.8, 4) is 5.88 Å². The monoisotopic (exact) mass is 298 g/mol. The summed E-state index contributed by atoms with van der Waals surface area (Å²) in [5, 5.41) is 8.00. The Hall–Kier alpha value is -2.50. The molecule has 2 aromatic rings. The van der Waals surface area contributed by atoms with Gasteiger partial charge in [0.05, 0.1) is 12.2 Å². The molecule has 1 saturated heterocycles. The van der Waals surface area contributed by atoms with Crippen LogP contribution in [0, 0.1) is 6.92 Å². The first kappa shape index (κ1) is 14.4. The van der Waals surface area contributed by atoms with Crippen molar-refractivity contribution < 1.29 is 9.53 Å². The first-order valence-electron chi connectivity index (χ1n) is 7.38. The summed E-state index contributed by atoms with van der Waals surface area (Å²) < 4.78 is 5.85. The summed E-state index contributed by atoms with van der Waals surface area (Å²) in [4.78, 5) is 18.2. The fourth-order valence-electron chi connectivity index (χ4n) is 2.52. The average molecular weight is 298 g/mol. The molecule has 1 amide bonds. The Kier molecular flexibility index (Phi) is 4.27. The number of aromatic nitrogens is 3. The second-order valence-corrected chi connectivity index (χ2v) is 5.38. The Labute approximate surface area is 129 Å². The van der Waals surface area contributed by atoms with Gasteiger partial charge in [0.1, 0.15) is 6.10 Å². The van der Waals surface area contributed by atoms with Crippen LogP contribution in [0.15, 0.2) is 36.7 Å². The van der Waals surface area contributed by atoms with Gasteiger partial charge in [-0.1, -0.05) is 0 Å². The third-order valence-electron chi connectivity index (χ3n) is 3.65. The van der Waals surface area contributed by atoms with Gasteiger partial charge in [-0.2, -0.15) is 5.10 Å². The molecule has 6 nitrogen and oxygen atoms in total. The molecule has 22 heavy (non-hydrogen) atoms. The van der Waals surface area contributed by atoms with Crippen LogP contribution in [0.3, 0.4) is 0 Å². The molecular formula is C16H18N4O2. The Balaban J connectivity index is 1.64. The molecule has 0 spiro atoms. The summed E-state index contributed by atoms with van der Waals surface area (Å²) in [5.74, 6) is 0.527. The van der Waals surface area contributed by atoms with Gasteiger partial charge >= 0.3 is 0 Å². The van der Waals surface area contributed by atoms with E-state index in [1.807, 2.05) is 24.0 Å². The summed E-state index contributed by atoms with van der Waals surface area (Å²) in [5.41, 5.74) is 1.51. The molecular weight excluding hydrogens is 280 g/mol. The van der Waals surface area contributed by atoms with Crippen LogP contribution in [0.5, 0.6) is 5.88 Å². The van der Waals surface area contributed by atoms with Gasteiger partial charge in [0.2, 0.25) is 5.88 Å². The molecule has 114 valence electrons. The molecule has 1 aliphatic rings. The summed E-state index contributed by atoms with van der Waals surface area (Å²) in [6.45, 7) is 3.20. The maximum atomic E-state index is 12.5. The van der Waals surface area contributed by atoms with Crippen LogP contribution in [-0.2, 0) is 0 Å². The van der Waals surface area contributed by atoms with Crippen molar-refractivity contribution >= 4 is 5.91 Å². The van der Waals surface area contributed by atoms with Gasteiger partial charge in [0, 0.05) is 30.6 Å². The predicted octanol–water partition coefficient (Wildman–Crippen LogP) is 1.86. The third kappa shape index (κ3) is 3.39. The molecule has 1 aliphatic heterocycles. The average Bonchev–Trinajstić information content (AvgIpc) is 2.57. The van der Waals surface area contributed by atoms with Crippen LogP contribution < -0.4 is 4.74 Å². The summed E-state index contributed by atoms with van der Waals surface area (Å²) in [7, 11) is 0. The van der Waals surface area contributed by atoms with Gasteiger partial charge in [-0.15, -0.1) is 5.10 Å². The van der Waals surface area contributed by atoms with Crippen LogP contribution in [-0.4, -0.2) is 45.2 Å². The standard InChI is InChI=1S/C16H18N4O2/c1-12-4-5-15(19-18-12)22-14-3-2-10-20(11-14)16(21)13-6-8-17-9-7-13/h4-9,14H,2-3,10-11H2,1H3/t14-/m0/s1. The number of hydrogen-bond donors (Lipinski definition) is 0. The Morgan fingerprint density at radius 1 is 1.23 bits per heavy atom. The van der Waals surface area contributed by atoms with E-state index in [1.165, 1.54) is 0 Å². The number of aryl methyl sites for hydroxylation is 1. The first-order chi connectivity index (χ1) is 10.7. The number of ether oxygens (including phenoxy) is 1. The lowest BCUT2D eigenvalue weighted by molar-refractivity contribution is 0.0525. The predicted molar refractivity (Wildman–Crippen MR) is 80.6 cm³/mol. The highest BCUT2D eigenvalue weighted by atomic mass is 16.5. The molecule has 0 bridgehead atoms. The molecule has 0 N–H and O–H groups in total. The lowest BCUT2D eigenvalue weighted by Crippen LogP contribution is -2.44. The van der Waals surface area contributed by atoms with E-state index in [0.717, 1.165) is 25.1 Å². The highest BCUT2D eigenvalue weighted by Gasteiger charge is 2.25.